The fourth-order valence-corrected chi connectivity index (χ4v) is 8.66. The summed E-state index contributed by atoms with van der Waals surface area (Å²) in [4.78, 5) is 38.0. The van der Waals surface area contributed by atoms with Gasteiger partial charge in [-0.15, -0.1) is 0 Å². The first-order valence-corrected chi connectivity index (χ1v) is 28.3. The van der Waals surface area contributed by atoms with Gasteiger partial charge in [-0.1, -0.05) is 279 Å². The van der Waals surface area contributed by atoms with Gasteiger partial charge in [0, 0.05) is 19.3 Å². The van der Waals surface area contributed by atoms with Gasteiger partial charge in [0.1, 0.15) is 13.2 Å². The Balaban J connectivity index is 4.22. The quantitative estimate of drug-likeness (QED) is 0.0344. The third-order valence-electron chi connectivity index (χ3n) is 13.3. The summed E-state index contributed by atoms with van der Waals surface area (Å²) < 4.78 is 16.8. The van der Waals surface area contributed by atoms with Crippen molar-refractivity contribution >= 4 is 17.9 Å². The molecule has 0 aromatic rings. The molecule has 0 aliphatic heterocycles. The Labute approximate surface area is 393 Å². The van der Waals surface area contributed by atoms with Crippen LogP contribution in [0.15, 0.2) is 0 Å². The smallest absolute Gasteiger partial charge is 0.306 e. The predicted octanol–water partition coefficient (Wildman–Crippen LogP) is 18.5. The van der Waals surface area contributed by atoms with Crippen LogP contribution in [0.2, 0.25) is 0 Å². The molecule has 0 amide bonds. The average Bonchev–Trinajstić information content (AvgIpc) is 3.27. The number of unbranched alkanes of at least 4 members (excludes halogenated alkanes) is 35. The summed E-state index contributed by atoms with van der Waals surface area (Å²) in [7, 11) is 0. The van der Waals surface area contributed by atoms with E-state index in [1.165, 1.54) is 205 Å². The molecule has 0 aromatic carbocycles. The minimum Gasteiger partial charge on any atom is -0.462 e. The van der Waals surface area contributed by atoms with E-state index in [1.54, 1.807) is 0 Å². The second kappa shape index (κ2) is 49.8. The summed E-state index contributed by atoms with van der Waals surface area (Å²) in [6.45, 7) is 11.4. The topological polar surface area (TPSA) is 78.9 Å². The van der Waals surface area contributed by atoms with Crippen LogP contribution in [0.4, 0.5) is 0 Å². The number of esters is 3. The van der Waals surface area contributed by atoms with Crippen molar-refractivity contribution in [1.29, 1.82) is 0 Å². The molecule has 0 aliphatic rings. The Morgan fingerprint density at radius 2 is 0.603 bits per heavy atom. The van der Waals surface area contributed by atoms with Gasteiger partial charge in [0.15, 0.2) is 6.10 Å². The summed E-state index contributed by atoms with van der Waals surface area (Å²) >= 11 is 0. The second-order valence-electron chi connectivity index (χ2n) is 20.3. The molecule has 0 saturated heterocycles. The van der Waals surface area contributed by atoms with Gasteiger partial charge >= 0.3 is 17.9 Å². The molecular weight excluding hydrogens is 781 g/mol. The van der Waals surface area contributed by atoms with Crippen LogP contribution in [0.5, 0.6) is 0 Å². The number of hydrogen-bond donors (Lipinski definition) is 0. The Morgan fingerprint density at radius 3 is 0.905 bits per heavy atom. The zero-order valence-corrected chi connectivity index (χ0v) is 43.2. The minimum absolute atomic E-state index is 0.0638. The third-order valence-corrected chi connectivity index (χ3v) is 13.3. The second-order valence-corrected chi connectivity index (χ2v) is 20.3. The minimum atomic E-state index is -0.763. The summed E-state index contributed by atoms with van der Waals surface area (Å²) in [5.41, 5.74) is 0. The molecule has 63 heavy (non-hydrogen) atoms. The summed E-state index contributed by atoms with van der Waals surface area (Å²) in [6.07, 6.45) is 52.5. The average molecular weight is 892 g/mol. The van der Waals surface area contributed by atoms with Crippen LogP contribution in [0.1, 0.15) is 317 Å². The highest BCUT2D eigenvalue weighted by Gasteiger charge is 2.19. The van der Waals surface area contributed by atoms with Gasteiger partial charge in [-0.05, 0) is 31.1 Å². The van der Waals surface area contributed by atoms with Crippen molar-refractivity contribution in [3.63, 3.8) is 0 Å². The van der Waals surface area contributed by atoms with Crippen LogP contribution in [0, 0.1) is 11.8 Å². The van der Waals surface area contributed by atoms with Crippen molar-refractivity contribution in [2.24, 2.45) is 11.8 Å². The van der Waals surface area contributed by atoms with Gasteiger partial charge in [-0.25, -0.2) is 0 Å². The zero-order valence-electron chi connectivity index (χ0n) is 43.2. The van der Waals surface area contributed by atoms with E-state index in [4.69, 9.17) is 14.2 Å². The van der Waals surface area contributed by atoms with E-state index in [1.807, 2.05) is 0 Å². The Morgan fingerprint density at radius 1 is 0.333 bits per heavy atom. The molecule has 0 radical (unpaired) electrons. The molecule has 0 rings (SSSR count). The van der Waals surface area contributed by atoms with E-state index in [-0.39, 0.29) is 31.1 Å². The predicted molar refractivity (Wildman–Crippen MR) is 270 cm³/mol. The lowest BCUT2D eigenvalue weighted by atomic mass is 9.99. The van der Waals surface area contributed by atoms with Crippen molar-refractivity contribution in [2.45, 2.75) is 323 Å². The van der Waals surface area contributed by atoms with Crippen molar-refractivity contribution < 1.29 is 28.6 Å². The summed E-state index contributed by atoms with van der Waals surface area (Å²) in [5.74, 6) is 0.810. The van der Waals surface area contributed by atoms with Gasteiger partial charge in [0.05, 0.1) is 0 Å². The van der Waals surface area contributed by atoms with Crippen LogP contribution in [-0.4, -0.2) is 37.2 Å². The number of rotatable bonds is 51. The highest BCUT2D eigenvalue weighted by molar-refractivity contribution is 5.71. The molecule has 6 nitrogen and oxygen atoms in total. The Hall–Kier alpha value is -1.59. The fourth-order valence-electron chi connectivity index (χ4n) is 8.66. The lowest BCUT2D eigenvalue weighted by Gasteiger charge is -2.18. The van der Waals surface area contributed by atoms with Gasteiger partial charge in [-0.3, -0.25) is 14.4 Å². The molecule has 1 unspecified atom stereocenters. The fraction of sp³-hybridized carbons (Fsp3) is 0.947. The van der Waals surface area contributed by atoms with Gasteiger partial charge in [0.25, 0.3) is 0 Å². The third kappa shape index (κ3) is 49.7. The number of hydrogen-bond acceptors (Lipinski definition) is 6. The molecule has 0 spiro atoms. The van der Waals surface area contributed by atoms with Crippen LogP contribution in [0.25, 0.3) is 0 Å². The van der Waals surface area contributed by atoms with Crippen LogP contribution >= 0.6 is 0 Å². The highest BCUT2D eigenvalue weighted by atomic mass is 16.6. The molecule has 0 aliphatic carbocycles. The van der Waals surface area contributed by atoms with Crippen molar-refractivity contribution in [1.82, 2.24) is 0 Å². The molecule has 0 heterocycles. The van der Waals surface area contributed by atoms with Gasteiger partial charge < -0.3 is 14.2 Å². The summed E-state index contributed by atoms with van der Waals surface area (Å²) in [6, 6.07) is 0. The largest absolute Gasteiger partial charge is 0.462 e. The Bertz CT molecular complexity index is 964. The first-order chi connectivity index (χ1) is 30.8. The maximum Gasteiger partial charge on any atom is 0.306 e. The van der Waals surface area contributed by atoms with E-state index in [0.29, 0.717) is 19.3 Å². The van der Waals surface area contributed by atoms with E-state index < -0.39 is 6.10 Å². The normalized spacial score (nSPS) is 12.5. The standard InChI is InChI=1S/C57H110O6/c1-6-8-9-10-11-12-13-14-15-16-17-18-22-25-28-31-37-42-47-55(58)61-50-54(51-62-56(59)48-43-38-34-33-35-40-45-52(3)4)63-57(60)49-44-39-32-29-26-23-20-19-21-24-27-30-36-41-46-53(5)7-2/h52-54H,6-51H2,1-5H3/t53?,54-/m1/s1. The molecule has 2 atom stereocenters. The van der Waals surface area contributed by atoms with E-state index >= 15 is 0 Å². The maximum absolute atomic E-state index is 12.8. The molecule has 0 saturated carbocycles. The van der Waals surface area contributed by atoms with Crippen LogP contribution < -0.4 is 0 Å². The molecule has 6 heteroatoms. The van der Waals surface area contributed by atoms with Crippen molar-refractivity contribution in [3.8, 4) is 0 Å². The maximum atomic E-state index is 12.8. The zero-order chi connectivity index (χ0) is 46.1. The van der Waals surface area contributed by atoms with Crippen molar-refractivity contribution in [2.75, 3.05) is 13.2 Å². The SMILES string of the molecule is CCCCCCCCCCCCCCCCCCCCC(=O)OC[C@H](COC(=O)CCCCCCCCC(C)C)OC(=O)CCCCCCCCCCCCCCCCC(C)CC. The lowest BCUT2D eigenvalue weighted by molar-refractivity contribution is -0.167. The van der Waals surface area contributed by atoms with Crippen LogP contribution in [-0.2, 0) is 28.6 Å². The monoisotopic (exact) mass is 891 g/mol. The van der Waals surface area contributed by atoms with Crippen LogP contribution in [0.3, 0.4) is 0 Å². The number of ether oxygens (including phenoxy) is 3. The highest BCUT2D eigenvalue weighted by Crippen LogP contribution is 2.18. The van der Waals surface area contributed by atoms with E-state index in [9.17, 15) is 14.4 Å². The molecule has 0 aromatic heterocycles. The molecule has 0 fully saturated rings. The molecule has 0 N–H and O–H groups in total. The van der Waals surface area contributed by atoms with Crippen molar-refractivity contribution in [3.05, 3.63) is 0 Å². The number of carbonyl (C=O) groups excluding carboxylic acids is 3. The first kappa shape index (κ1) is 61.4. The summed E-state index contributed by atoms with van der Waals surface area (Å²) in [5, 5.41) is 0. The molecular formula is C57H110O6. The van der Waals surface area contributed by atoms with E-state index in [2.05, 4.69) is 34.6 Å². The molecule has 374 valence electrons. The van der Waals surface area contributed by atoms with Gasteiger partial charge in [-0.2, -0.15) is 0 Å². The Kier molecular flexibility index (Phi) is 48.6. The van der Waals surface area contributed by atoms with E-state index in [0.717, 1.165) is 69.6 Å². The van der Waals surface area contributed by atoms with Gasteiger partial charge in [0.2, 0.25) is 0 Å². The molecule has 0 bridgehead atoms. The first-order valence-electron chi connectivity index (χ1n) is 28.3. The number of carbonyl (C=O) groups is 3. The lowest BCUT2D eigenvalue weighted by Crippen LogP contribution is -2.30.